The van der Waals surface area contributed by atoms with E-state index < -0.39 is 0 Å². The highest BCUT2D eigenvalue weighted by molar-refractivity contribution is 5.57. The largest absolute Gasteiger partial charge is 0.303 e. The summed E-state index contributed by atoms with van der Waals surface area (Å²) in [5.74, 6) is 0.175. The van der Waals surface area contributed by atoms with E-state index in [4.69, 9.17) is 0 Å². The third-order valence-corrected chi connectivity index (χ3v) is 3.90. The Hall–Kier alpha value is -0.630. The van der Waals surface area contributed by atoms with E-state index in [0.717, 1.165) is 25.7 Å². The molecule has 2 nitrogen and oxygen atoms in total. The highest BCUT2D eigenvalue weighted by Gasteiger charge is 2.31. The molecule has 0 radical (unpaired) electrons. The van der Waals surface area contributed by atoms with E-state index in [0.29, 0.717) is 5.41 Å². The summed E-state index contributed by atoms with van der Waals surface area (Å²) in [5, 5.41) is 0. The molecule has 1 aliphatic heterocycles. The summed E-state index contributed by atoms with van der Waals surface area (Å²) in [4.78, 5) is 13.3. The third-order valence-electron chi connectivity index (χ3n) is 3.90. The summed E-state index contributed by atoms with van der Waals surface area (Å²) >= 11 is 0. The van der Waals surface area contributed by atoms with Crippen LogP contribution in [0.25, 0.3) is 0 Å². The van der Waals surface area contributed by atoms with Gasteiger partial charge in [0.05, 0.1) is 0 Å². The Bertz CT molecular complexity index is 276. The van der Waals surface area contributed by atoms with Gasteiger partial charge >= 0.3 is 0 Å². The van der Waals surface area contributed by atoms with Crippen molar-refractivity contribution < 1.29 is 4.79 Å². The van der Waals surface area contributed by atoms with Crippen molar-refractivity contribution in [2.75, 3.05) is 19.6 Å². The molecule has 84 valence electrons. The van der Waals surface area contributed by atoms with Gasteiger partial charge in [0.25, 0.3) is 0 Å². The number of carbonyl (C=O) groups excluding carboxylic acids is 1. The minimum atomic E-state index is 0.175. The van der Waals surface area contributed by atoms with Crippen LogP contribution in [0.15, 0.2) is 11.6 Å². The molecule has 0 bridgehead atoms. The van der Waals surface area contributed by atoms with Crippen molar-refractivity contribution >= 4 is 6.29 Å². The van der Waals surface area contributed by atoms with Gasteiger partial charge in [-0.25, -0.2) is 0 Å². The van der Waals surface area contributed by atoms with Crippen LogP contribution in [0.5, 0.6) is 0 Å². The van der Waals surface area contributed by atoms with Crippen molar-refractivity contribution in [1.82, 2.24) is 4.90 Å². The van der Waals surface area contributed by atoms with Gasteiger partial charge in [-0.05, 0) is 37.8 Å². The summed E-state index contributed by atoms with van der Waals surface area (Å²) < 4.78 is 0. The zero-order valence-electron chi connectivity index (χ0n) is 9.83. The van der Waals surface area contributed by atoms with Crippen molar-refractivity contribution in [3.8, 4) is 0 Å². The van der Waals surface area contributed by atoms with Crippen molar-refractivity contribution in [3.63, 3.8) is 0 Å². The van der Waals surface area contributed by atoms with E-state index in [1.165, 1.54) is 25.1 Å². The van der Waals surface area contributed by atoms with Crippen LogP contribution in [-0.2, 0) is 4.79 Å². The lowest BCUT2D eigenvalue weighted by Gasteiger charge is -2.39. The number of nitrogens with zero attached hydrogens (tertiary/aromatic N) is 1. The first-order chi connectivity index (χ1) is 7.12. The Balaban J connectivity index is 2.07. The first kappa shape index (κ1) is 10.9. The molecule has 2 aliphatic rings. The van der Waals surface area contributed by atoms with Crippen molar-refractivity contribution in [2.24, 2.45) is 11.3 Å². The molecule has 0 saturated carbocycles. The summed E-state index contributed by atoms with van der Waals surface area (Å²) in [6.07, 6.45) is 6.83. The third kappa shape index (κ3) is 2.31. The molecule has 1 saturated heterocycles. The Labute approximate surface area is 92.3 Å². The predicted octanol–water partition coefficient (Wildman–Crippen LogP) is 2.25. The molecule has 0 amide bonds. The topological polar surface area (TPSA) is 20.3 Å². The molecule has 2 heteroatoms. The van der Waals surface area contributed by atoms with E-state index >= 15 is 0 Å². The minimum absolute atomic E-state index is 0.175. The van der Waals surface area contributed by atoms with E-state index in [9.17, 15) is 4.79 Å². The number of allylic oxidation sites excluding steroid dienone is 1. The lowest BCUT2D eigenvalue weighted by atomic mass is 9.72. The van der Waals surface area contributed by atoms with Gasteiger partial charge in [0.1, 0.15) is 6.29 Å². The molecule has 15 heavy (non-hydrogen) atoms. The highest BCUT2D eigenvalue weighted by Crippen LogP contribution is 2.38. The maximum Gasteiger partial charge on any atom is 0.126 e. The predicted molar refractivity (Wildman–Crippen MR) is 61.7 cm³/mol. The average Bonchev–Trinajstić information content (AvgIpc) is 2.13. The number of rotatable bonds is 3. The van der Waals surface area contributed by atoms with Gasteiger partial charge in [0, 0.05) is 12.5 Å². The monoisotopic (exact) mass is 207 g/mol. The normalized spacial score (nSPS) is 30.5. The van der Waals surface area contributed by atoms with Crippen LogP contribution < -0.4 is 0 Å². The second-order valence-electron chi connectivity index (χ2n) is 5.54. The lowest BCUT2D eigenvalue weighted by Crippen LogP contribution is -2.41. The van der Waals surface area contributed by atoms with Gasteiger partial charge in [-0.15, -0.1) is 0 Å². The molecule has 1 aliphatic carbocycles. The molecule has 1 fully saturated rings. The van der Waals surface area contributed by atoms with Crippen LogP contribution in [0.3, 0.4) is 0 Å². The molecule has 1 heterocycles. The fourth-order valence-corrected chi connectivity index (χ4v) is 2.41. The van der Waals surface area contributed by atoms with Crippen molar-refractivity contribution in [3.05, 3.63) is 11.6 Å². The minimum Gasteiger partial charge on any atom is -0.303 e. The Kier molecular flexibility index (Phi) is 2.96. The summed E-state index contributed by atoms with van der Waals surface area (Å²) in [6.45, 7) is 8.16. The fourth-order valence-electron chi connectivity index (χ4n) is 2.41. The zero-order chi connectivity index (χ0) is 10.9. The Morgan fingerprint density at radius 2 is 2.27 bits per heavy atom. The second-order valence-corrected chi connectivity index (χ2v) is 5.54. The maximum atomic E-state index is 10.8. The molecular formula is C13H21NO. The van der Waals surface area contributed by atoms with Gasteiger partial charge in [-0.1, -0.05) is 25.5 Å². The van der Waals surface area contributed by atoms with E-state index in [-0.39, 0.29) is 5.92 Å². The number of aldehydes is 1. The van der Waals surface area contributed by atoms with E-state index in [1.807, 2.05) is 0 Å². The number of hydrogen-bond donors (Lipinski definition) is 0. The van der Waals surface area contributed by atoms with Crippen LogP contribution in [0, 0.1) is 11.3 Å². The number of carbonyl (C=O) groups is 1. The van der Waals surface area contributed by atoms with Gasteiger partial charge in [-0.2, -0.15) is 0 Å². The molecule has 0 aromatic heterocycles. The van der Waals surface area contributed by atoms with Crippen molar-refractivity contribution in [1.29, 1.82) is 0 Å². The van der Waals surface area contributed by atoms with E-state index in [1.54, 1.807) is 0 Å². The SMILES string of the molecule is CC1(C)CCC(C=O)C=C1CN1CCC1. The van der Waals surface area contributed by atoms with Crippen LogP contribution in [-0.4, -0.2) is 30.8 Å². The summed E-state index contributed by atoms with van der Waals surface area (Å²) in [6, 6.07) is 0. The highest BCUT2D eigenvalue weighted by atomic mass is 16.1. The molecule has 2 rings (SSSR count). The lowest BCUT2D eigenvalue weighted by molar-refractivity contribution is -0.110. The van der Waals surface area contributed by atoms with Gasteiger partial charge in [0.15, 0.2) is 0 Å². The average molecular weight is 207 g/mol. The molecule has 0 aromatic rings. The molecule has 0 aromatic carbocycles. The number of hydrogen-bond acceptors (Lipinski definition) is 2. The van der Waals surface area contributed by atoms with Gasteiger partial charge < -0.3 is 4.79 Å². The summed E-state index contributed by atoms with van der Waals surface area (Å²) in [5.41, 5.74) is 1.78. The van der Waals surface area contributed by atoms with Crippen LogP contribution in [0.4, 0.5) is 0 Å². The quantitative estimate of drug-likeness (QED) is 0.522. The maximum absolute atomic E-state index is 10.8. The first-order valence-electron chi connectivity index (χ1n) is 6.01. The Morgan fingerprint density at radius 1 is 1.53 bits per heavy atom. The zero-order valence-corrected chi connectivity index (χ0v) is 9.83. The standard InChI is InChI=1S/C13H21NO/c1-13(2)5-4-11(10-15)8-12(13)9-14-6-3-7-14/h8,10-11H,3-7,9H2,1-2H3. The summed E-state index contributed by atoms with van der Waals surface area (Å²) in [7, 11) is 0. The van der Waals surface area contributed by atoms with Crippen LogP contribution in [0.2, 0.25) is 0 Å². The first-order valence-corrected chi connectivity index (χ1v) is 6.01. The van der Waals surface area contributed by atoms with Gasteiger partial charge in [0.2, 0.25) is 0 Å². The second kappa shape index (κ2) is 4.09. The van der Waals surface area contributed by atoms with Crippen LogP contribution >= 0.6 is 0 Å². The van der Waals surface area contributed by atoms with Crippen LogP contribution in [0.1, 0.15) is 33.1 Å². The smallest absolute Gasteiger partial charge is 0.126 e. The van der Waals surface area contributed by atoms with E-state index in [2.05, 4.69) is 24.8 Å². The Morgan fingerprint density at radius 3 is 2.80 bits per heavy atom. The molecular weight excluding hydrogens is 186 g/mol. The molecule has 1 atom stereocenters. The van der Waals surface area contributed by atoms with Crippen molar-refractivity contribution in [2.45, 2.75) is 33.1 Å². The molecule has 1 unspecified atom stereocenters. The fraction of sp³-hybridized carbons (Fsp3) is 0.769. The number of likely N-dealkylation sites (tertiary alicyclic amines) is 1. The molecule has 0 N–H and O–H groups in total. The molecule has 0 spiro atoms. The van der Waals surface area contributed by atoms with Gasteiger partial charge in [-0.3, -0.25) is 4.90 Å².